The fraction of sp³-hybridized carbons (Fsp3) is 0.700. The zero-order valence-corrected chi connectivity index (χ0v) is 18.6. The molecule has 1 aromatic rings. The normalized spacial score (nSPS) is 33.4. The Kier molecular flexibility index (Phi) is 5.53. The summed E-state index contributed by atoms with van der Waals surface area (Å²) in [6.45, 7) is 2.12. The number of nitrogens with one attached hydrogen (secondary N) is 1. The second-order valence-electron chi connectivity index (χ2n) is 8.94. The molecule has 3 nitrogen and oxygen atoms in total. The molecule has 0 spiro atoms. The van der Waals surface area contributed by atoms with Crippen molar-refractivity contribution in [3.05, 3.63) is 27.2 Å². The van der Waals surface area contributed by atoms with E-state index in [0.717, 1.165) is 49.9 Å². The van der Waals surface area contributed by atoms with Crippen LogP contribution in [0.25, 0.3) is 0 Å². The predicted octanol–water partition coefficient (Wildman–Crippen LogP) is 6.31. The molecule has 150 valence electrons. The van der Waals surface area contributed by atoms with Crippen LogP contribution in [0.15, 0.2) is 17.0 Å². The van der Waals surface area contributed by atoms with Gasteiger partial charge in [0, 0.05) is 6.04 Å². The summed E-state index contributed by atoms with van der Waals surface area (Å²) < 4.78 is 29.4. The summed E-state index contributed by atoms with van der Waals surface area (Å²) in [5.41, 5.74) is 0.0977. The van der Waals surface area contributed by atoms with Crippen LogP contribution in [0.3, 0.4) is 0 Å². The lowest BCUT2D eigenvalue weighted by molar-refractivity contribution is -0.0712. The van der Waals surface area contributed by atoms with Crippen molar-refractivity contribution in [1.29, 1.82) is 0 Å². The SMILES string of the molecule is CCCC(NS(=O)(=O)c1cc(Cl)c(Cl)cc1Cl)C12CC3CC(CC(C3)C1)C2. The average molecular weight is 451 g/mol. The molecule has 4 aliphatic carbocycles. The van der Waals surface area contributed by atoms with Gasteiger partial charge in [0.15, 0.2) is 0 Å². The summed E-state index contributed by atoms with van der Waals surface area (Å²) in [5, 5.41) is 0.563. The zero-order chi connectivity index (χ0) is 19.4. The quantitative estimate of drug-likeness (QED) is 0.516. The minimum atomic E-state index is -3.77. The van der Waals surface area contributed by atoms with Crippen molar-refractivity contribution in [2.75, 3.05) is 0 Å². The third-order valence-electron chi connectivity index (χ3n) is 6.96. The Labute approximate surface area is 177 Å². The molecule has 4 aliphatic rings. The fourth-order valence-corrected chi connectivity index (χ4v) is 8.72. The Bertz CT molecular complexity index is 805. The van der Waals surface area contributed by atoms with Crippen molar-refractivity contribution in [1.82, 2.24) is 4.72 Å². The monoisotopic (exact) mass is 449 g/mol. The lowest BCUT2D eigenvalue weighted by Crippen LogP contribution is -2.56. The fourth-order valence-electron chi connectivity index (χ4n) is 6.34. The number of benzene rings is 1. The molecule has 0 heterocycles. The van der Waals surface area contributed by atoms with E-state index in [-0.39, 0.29) is 31.4 Å². The van der Waals surface area contributed by atoms with Crippen LogP contribution in [0.1, 0.15) is 58.3 Å². The highest BCUT2D eigenvalue weighted by molar-refractivity contribution is 7.89. The summed E-state index contributed by atoms with van der Waals surface area (Å²) in [6.07, 6.45) is 9.27. The maximum absolute atomic E-state index is 13.2. The van der Waals surface area contributed by atoms with Gasteiger partial charge in [-0.1, -0.05) is 48.1 Å². The van der Waals surface area contributed by atoms with Gasteiger partial charge in [0.1, 0.15) is 4.90 Å². The van der Waals surface area contributed by atoms with Gasteiger partial charge in [0.25, 0.3) is 0 Å². The van der Waals surface area contributed by atoms with Crippen molar-refractivity contribution < 1.29 is 8.42 Å². The molecule has 1 unspecified atom stereocenters. The largest absolute Gasteiger partial charge is 0.242 e. The van der Waals surface area contributed by atoms with E-state index in [9.17, 15) is 8.42 Å². The van der Waals surface area contributed by atoms with Crippen LogP contribution in [0.2, 0.25) is 15.1 Å². The zero-order valence-electron chi connectivity index (χ0n) is 15.5. The van der Waals surface area contributed by atoms with E-state index in [4.69, 9.17) is 34.8 Å². The minimum absolute atomic E-state index is 0.0180. The van der Waals surface area contributed by atoms with Gasteiger partial charge in [0.2, 0.25) is 10.0 Å². The van der Waals surface area contributed by atoms with Gasteiger partial charge < -0.3 is 0 Å². The summed E-state index contributed by atoms with van der Waals surface area (Å²) in [4.78, 5) is 0.0180. The van der Waals surface area contributed by atoms with E-state index in [0.29, 0.717) is 0 Å². The Morgan fingerprint density at radius 3 is 2.04 bits per heavy atom. The first-order valence-corrected chi connectivity index (χ1v) is 12.5. The van der Waals surface area contributed by atoms with Crippen molar-refractivity contribution in [3.63, 3.8) is 0 Å². The van der Waals surface area contributed by atoms with E-state index < -0.39 is 10.0 Å². The second kappa shape index (κ2) is 7.36. The summed E-state index contributed by atoms with van der Waals surface area (Å²) in [5.74, 6) is 2.32. The average Bonchev–Trinajstić information content (AvgIpc) is 2.56. The molecular formula is C20H26Cl3NO2S. The first kappa shape index (κ1) is 20.3. The molecule has 0 aliphatic heterocycles. The smallest absolute Gasteiger partial charge is 0.207 e. The van der Waals surface area contributed by atoms with Crippen LogP contribution in [-0.4, -0.2) is 14.5 Å². The van der Waals surface area contributed by atoms with Gasteiger partial charge >= 0.3 is 0 Å². The number of rotatable bonds is 6. The van der Waals surface area contributed by atoms with Gasteiger partial charge in [-0.3, -0.25) is 0 Å². The predicted molar refractivity (Wildman–Crippen MR) is 111 cm³/mol. The molecule has 4 bridgehead atoms. The van der Waals surface area contributed by atoms with Crippen LogP contribution >= 0.6 is 34.8 Å². The molecule has 1 aromatic carbocycles. The highest BCUT2D eigenvalue weighted by Crippen LogP contribution is 2.61. The lowest BCUT2D eigenvalue weighted by atomic mass is 9.47. The third-order valence-corrected chi connectivity index (χ3v) is 9.62. The Morgan fingerprint density at radius 1 is 1.00 bits per heavy atom. The minimum Gasteiger partial charge on any atom is -0.207 e. The molecule has 0 radical (unpaired) electrons. The topological polar surface area (TPSA) is 46.2 Å². The first-order valence-electron chi connectivity index (χ1n) is 9.89. The molecule has 5 rings (SSSR count). The maximum Gasteiger partial charge on any atom is 0.242 e. The molecule has 27 heavy (non-hydrogen) atoms. The number of sulfonamides is 1. The van der Waals surface area contributed by atoms with Crippen LogP contribution in [-0.2, 0) is 10.0 Å². The number of hydrogen-bond donors (Lipinski definition) is 1. The number of halogens is 3. The van der Waals surface area contributed by atoms with Crippen molar-refractivity contribution in [2.45, 2.75) is 69.2 Å². The van der Waals surface area contributed by atoms with Crippen LogP contribution in [0.5, 0.6) is 0 Å². The molecule has 4 saturated carbocycles. The van der Waals surface area contributed by atoms with Crippen LogP contribution < -0.4 is 4.72 Å². The molecule has 1 N–H and O–H groups in total. The molecule has 7 heteroatoms. The molecule has 0 saturated heterocycles. The van der Waals surface area contributed by atoms with E-state index in [1.807, 2.05) is 0 Å². The summed E-state index contributed by atoms with van der Waals surface area (Å²) >= 11 is 18.2. The third kappa shape index (κ3) is 3.77. The van der Waals surface area contributed by atoms with E-state index in [2.05, 4.69) is 11.6 Å². The van der Waals surface area contributed by atoms with E-state index >= 15 is 0 Å². The van der Waals surface area contributed by atoms with Gasteiger partial charge in [0.05, 0.1) is 15.1 Å². The van der Waals surface area contributed by atoms with E-state index in [1.54, 1.807) is 0 Å². The van der Waals surface area contributed by atoms with Gasteiger partial charge in [-0.05, 0) is 80.2 Å². The molecular weight excluding hydrogens is 425 g/mol. The van der Waals surface area contributed by atoms with E-state index in [1.165, 1.54) is 31.4 Å². The van der Waals surface area contributed by atoms with Crippen LogP contribution in [0.4, 0.5) is 0 Å². The maximum atomic E-state index is 13.2. The van der Waals surface area contributed by atoms with Crippen molar-refractivity contribution >= 4 is 44.8 Å². The van der Waals surface area contributed by atoms with Gasteiger partial charge in [-0.2, -0.15) is 0 Å². The highest BCUT2D eigenvalue weighted by atomic mass is 35.5. The van der Waals surface area contributed by atoms with Crippen molar-refractivity contribution in [2.24, 2.45) is 23.2 Å². The summed E-state index contributed by atoms with van der Waals surface area (Å²) in [6, 6.07) is 2.71. The second-order valence-corrected chi connectivity index (χ2v) is 11.8. The Hall–Kier alpha value is -0.000000000000000111. The Balaban J connectivity index is 1.65. The van der Waals surface area contributed by atoms with Gasteiger partial charge in [-0.25, -0.2) is 13.1 Å². The first-order chi connectivity index (χ1) is 12.7. The Morgan fingerprint density at radius 2 is 1.52 bits per heavy atom. The van der Waals surface area contributed by atoms with Gasteiger partial charge in [-0.15, -0.1) is 0 Å². The molecule has 0 aromatic heterocycles. The standard InChI is InChI=1S/C20H26Cl3NO2S/c1-2-3-19(20-9-12-4-13(10-20)6-14(5-12)11-20)24-27(25,26)18-8-16(22)15(21)7-17(18)23/h7-8,12-14,19,24H,2-6,9-11H2,1H3. The molecule has 1 atom stereocenters. The van der Waals surface area contributed by atoms with Crippen molar-refractivity contribution in [3.8, 4) is 0 Å². The summed E-state index contributed by atoms with van der Waals surface area (Å²) in [7, 11) is -3.77. The molecule has 0 amide bonds. The number of hydrogen-bond acceptors (Lipinski definition) is 2. The lowest BCUT2D eigenvalue weighted by Gasteiger charge is -2.59. The molecule has 4 fully saturated rings. The highest BCUT2D eigenvalue weighted by Gasteiger charge is 2.54. The van der Waals surface area contributed by atoms with Crippen LogP contribution in [0, 0.1) is 23.2 Å².